The average molecular weight is 453 g/mol. The molecule has 3 rings (SSSR count). The summed E-state index contributed by atoms with van der Waals surface area (Å²) in [5.74, 6) is 0.201. The predicted molar refractivity (Wildman–Crippen MR) is 126 cm³/mol. The van der Waals surface area contributed by atoms with Gasteiger partial charge in [0.1, 0.15) is 12.3 Å². The van der Waals surface area contributed by atoms with E-state index in [-0.39, 0.29) is 17.5 Å². The van der Waals surface area contributed by atoms with Gasteiger partial charge in [0.05, 0.1) is 23.7 Å². The molecule has 1 atom stereocenters. The zero-order valence-electron chi connectivity index (χ0n) is 18.5. The fourth-order valence-electron chi connectivity index (χ4n) is 3.33. The average Bonchev–Trinajstić information content (AvgIpc) is 2.83. The molecule has 32 heavy (non-hydrogen) atoms. The van der Waals surface area contributed by atoms with Crippen LogP contribution in [0.2, 0.25) is 0 Å². The molecule has 0 aliphatic heterocycles. The van der Waals surface area contributed by atoms with Crippen molar-refractivity contribution in [3.63, 3.8) is 0 Å². The molecule has 0 aromatic heterocycles. The summed E-state index contributed by atoms with van der Waals surface area (Å²) in [6.45, 7) is 3.62. The van der Waals surface area contributed by atoms with E-state index in [0.717, 1.165) is 16.3 Å². The lowest BCUT2D eigenvalue weighted by molar-refractivity contribution is -0.120. The molecular weight excluding hydrogens is 424 g/mol. The molecule has 0 saturated heterocycles. The van der Waals surface area contributed by atoms with Crippen LogP contribution in [0, 0.1) is 0 Å². The van der Waals surface area contributed by atoms with Gasteiger partial charge in [-0.15, -0.1) is 0 Å². The van der Waals surface area contributed by atoms with Gasteiger partial charge in [0.15, 0.2) is 0 Å². The third kappa shape index (κ3) is 5.48. The van der Waals surface area contributed by atoms with Crippen LogP contribution in [0.1, 0.15) is 31.0 Å². The number of ether oxygens (including phenoxy) is 1. The van der Waals surface area contributed by atoms with Gasteiger partial charge >= 0.3 is 0 Å². The summed E-state index contributed by atoms with van der Waals surface area (Å²) in [4.78, 5) is 13.0. The highest BCUT2D eigenvalue weighted by atomic mass is 32.2. The summed E-state index contributed by atoms with van der Waals surface area (Å²) in [7, 11) is -2.41. The van der Waals surface area contributed by atoms with Crippen LogP contribution in [0.25, 0.3) is 0 Å². The number of carbonyl (C=O) groups is 1. The summed E-state index contributed by atoms with van der Waals surface area (Å²) in [6, 6.07) is 22.4. The van der Waals surface area contributed by atoms with Gasteiger partial charge in [-0.05, 0) is 60.9 Å². The third-order valence-electron chi connectivity index (χ3n) is 5.24. The maximum Gasteiger partial charge on any atom is 0.264 e. The Hall–Kier alpha value is -3.32. The van der Waals surface area contributed by atoms with Gasteiger partial charge in [-0.3, -0.25) is 9.10 Å². The highest BCUT2D eigenvalue weighted by Gasteiger charge is 2.27. The minimum atomic E-state index is -3.95. The van der Waals surface area contributed by atoms with Gasteiger partial charge in [-0.1, -0.05) is 49.4 Å². The highest BCUT2D eigenvalue weighted by molar-refractivity contribution is 7.92. The topological polar surface area (TPSA) is 75.7 Å². The number of hydrogen-bond acceptors (Lipinski definition) is 4. The fraction of sp³-hybridized carbons (Fsp3) is 0.240. The van der Waals surface area contributed by atoms with Crippen LogP contribution in [-0.2, 0) is 21.2 Å². The number of amides is 1. The molecule has 3 aromatic rings. The molecule has 0 unspecified atom stereocenters. The second-order valence-corrected chi connectivity index (χ2v) is 9.27. The molecule has 0 saturated carbocycles. The molecule has 0 aliphatic carbocycles. The minimum Gasteiger partial charge on any atom is -0.497 e. The SMILES string of the molecule is CCc1ccc([C@@H](C)NC(=O)CN(c2ccc(OC)cc2)S(=O)(=O)c2ccccc2)cc1. The summed E-state index contributed by atoms with van der Waals surface area (Å²) in [5, 5.41) is 2.91. The summed E-state index contributed by atoms with van der Waals surface area (Å²) in [5.41, 5.74) is 2.55. The van der Waals surface area contributed by atoms with Gasteiger partial charge in [0.25, 0.3) is 10.0 Å². The van der Waals surface area contributed by atoms with Crippen LogP contribution in [0.4, 0.5) is 5.69 Å². The summed E-state index contributed by atoms with van der Waals surface area (Å²) in [6.07, 6.45) is 0.940. The predicted octanol–water partition coefficient (Wildman–Crippen LogP) is 4.33. The van der Waals surface area contributed by atoms with Crippen molar-refractivity contribution in [1.82, 2.24) is 5.32 Å². The zero-order valence-corrected chi connectivity index (χ0v) is 19.3. The molecule has 0 heterocycles. The van der Waals surface area contributed by atoms with E-state index in [1.807, 2.05) is 31.2 Å². The van der Waals surface area contributed by atoms with Crippen molar-refractivity contribution in [3.05, 3.63) is 90.0 Å². The van der Waals surface area contributed by atoms with E-state index >= 15 is 0 Å². The van der Waals surface area contributed by atoms with Crippen molar-refractivity contribution in [2.24, 2.45) is 0 Å². The van der Waals surface area contributed by atoms with E-state index in [2.05, 4.69) is 12.2 Å². The Labute approximate surface area is 189 Å². The van der Waals surface area contributed by atoms with Gasteiger partial charge in [-0.25, -0.2) is 8.42 Å². The van der Waals surface area contributed by atoms with Gasteiger partial charge in [0, 0.05) is 0 Å². The second-order valence-electron chi connectivity index (χ2n) is 7.41. The number of benzene rings is 3. The van der Waals surface area contributed by atoms with Gasteiger partial charge in [0.2, 0.25) is 5.91 Å². The summed E-state index contributed by atoms with van der Waals surface area (Å²) < 4.78 is 33.0. The van der Waals surface area contributed by atoms with Crippen molar-refractivity contribution in [2.45, 2.75) is 31.2 Å². The molecule has 0 radical (unpaired) electrons. The van der Waals surface area contributed by atoms with Crippen LogP contribution in [0.15, 0.2) is 83.8 Å². The van der Waals surface area contributed by atoms with Crippen molar-refractivity contribution < 1.29 is 17.9 Å². The quantitative estimate of drug-likeness (QED) is 0.524. The van der Waals surface area contributed by atoms with Gasteiger partial charge < -0.3 is 10.1 Å². The van der Waals surface area contributed by atoms with E-state index in [9.17, 15) is 13.2 Å². The van der Waals surface area contributed by atoms with Crippen molar-refractivity contribution in [1.29, 1.82) is 0 Å². The van der Waals surface area contributed by atoms with Crippen LogP contribution in [-0.4, -0.2) is 28.0 Å². The minimum absolute atomic E-state index is 0.117. The monoisotopic (exact) mass is 452 g/mol. The van der Waals surface area contributed by atoms with Crippen molar-refractivity contribution in [3.8, 4) is 5.75 Å². The Bertz CT molecular complexity index is 1130. The number of nitrogens with zero attached hydrogens (tertiary/aromatic N) is 1. The zero-order chi connectivity index (χ0) is 23.1. The first-order valence-electron chi connectivity index (χ1n) is 10.4. The van der Waals surface area contributed by atoms with E-state index in [4.69, 9.17) is 4.74 Å². The highest BCUT2D eigenvalue weighted by Crippen LogP contribution is 2.26. The van der Waals surface area contributed by atoms with Crippen LogP contribution < -0.4 is 14.4 Å². The normalized spacial score (nSPS) is 12.1. The Morgan fingerprint density at radius 1 is 0.969 bits per heavy atom. The molecular formula is C25H28N2O4S. The first-order valence-corrected chi connectivity index (χ1v) is 11.9. The van der Waals surface area contributed by atoms with Crippen LogP contribution in [0.5, 0.6) is 5.75 Å². The first-order chi connectivity index (χ1) is 15.3. The number of carbonyl (C=O) groups excluding carboxylic acids is 1. The molecule has 3 aromatic carbocycles. The summed E-state index contributed by atoms with van der Waals surface area (Å²) >= 11 is 0. The molecule has 0 bridgehead atoms. The number of anilines is 1. The lowest BCUT2D eigenvalue weighted by Gasteiger charge is -2.25. The van der Waals surface area contributed by atoms with E-state index < -0.39 is 15.9 Å². The maximum atomic E-state index is 13.4. The Morgan fingerprint density at radius 2 is 1.59 bits per heavy atom. The van der Waals surface area contributed by atoms with Crippen LogP contribution in [0.3, 0.4) is 0 Å². The maximum absolute atomic E-state index is 13.4. The smallest absolute Gasteiger partial charge is 0.264 e. The molecule has 168 valence electrons. The number of aryl methyl sites for hydroxylation is 1. The molecule has 0 spiro atoms. The number of hydrogen-bond donors (Lipinski definition) is 1. The van der Waals surface area contributed by atoms with Crippen molar-refractivity contribution >= 4 is 21.6 Å². The number of rotatable bonds is 9. The van der Waals surface area contributed by atoms with E-state index in [0.29, 0.717) is 11.4 Å². The Kier molecular flexibility index (Phi) is 7.53. The van der Waals surface area contributed by atoms with Crippen LogP contribution >= 0.6 is 0 Å². The molecule has 7 heteroatoms. The molecule has 1 N–H and O–H groups in total. The van der Waals surface area contributed by atoms with E-state index in [1.165, 1.54) is 24.8 Å². The molecule has 0 fully saturated rings. The standard InChI is InChI=1S/C25H28N2O4S/c1-4-20-10-12-21(13-11-20)19(2)26-25(28)18-27(22-14-16-23(31-3)17-15-22)32(29,30)24-8-6-5-7-9-24/h5-17,19H,4,18H2,1-3H3,(H,26,28)/t19-/m1/s1. The fourth-order valence-corrected chi connectivity index (χ4v) is 4.77. The van der Waals surface area contributed by atoms with Crippen molar-refractivity contribution in [2.75, 3.05) is 18.0 Å². The Balaban J connectivity index is 1.85. The first kappa shape index (κ1) is 23.3. The number of nitrogens with one attached hydrogen (secondary N) is 1. The Morgan fingerprint density at radius 3 is 2.16 bits per heavy atom. The largest absolute Gasteiger partial charge is 0.497 e. The number of sulfonamides is 1. The lowest BCUT2D eigenvalue weighted by atomic mass is 10.1. The molecule has 1 amide bonds. The third-order valence-corrected chi connectivity index (χ3v) is 7.03. The number of methoxy groups -OCH3 is 1. The second kappa shape index (κ2) is 10.3. The molecule has 0 aliphatic rings. The lowest BCUT2D eigenvalue weighted by Crippen LogP contribution is -2.41. The molecule has 6 nitrogen and oxygen atoms in total. The van der Waals surface area contributed by atoms with Gasteiger partial charge in [-0.2, -0.15) is 0 Å². The van der Waals surface area contributed by atoms with E-state index in [1.54, 1.807) is 42.5 Å².